The van der Waals surface area contributed by atoms with Crippen molar-refractivity contribution in [2.45, 2.75) is 72.2 Å². The quantitative estimate of drug-likeness (QED) is 0.161. The predicted molar refractivity (Wildman–Crippen MR) is 141 cm³/mol. The number of ketones is 1. The second-order valence-corrected chi connectivity index (χ2v) is 11.6. The highest BCUT2D eigenvalue weighted by atomic mass is 19.1. The van der Waals surface area contributed by atoms with E-state index in [9.17, 15) is 19.2 Å². The Morgan fingerprint density at radius 2 is 1.68 bits per heavy atom. The molecule has 0 spiro atoms. The first-order chi connectivity index (χ1) is 18.4. The van der Waals surface area contributed by atoms with Crippen molar-refractivity contribution in [3.05, 3.63) is 53.1 Å². The van der Waals surface area contributed by atoms with E-state index in [2.05, 4.69) is 11.8 Å². The average molecular weight is 553 g/mol. The largest absolute Gasteiger partial charge is 0.515 e. The van der Waals surface area contributed by atoms with E-state index in [4.69, 9.17) is 18.9 Å². The number of hydrogen-bond donors (Lipinski definition) is 0. The number of nitrogens with zero attached hydrogens (tertiary/aromatic N) is 2. The van der Waals surface area contributed by atoms with Gasteiger partial charge >= 0.3 is 18.3 Å². The molecule has 0 aliphatic carbocycles. The molecule has 0 fully saturated rings. The molecular weight excluding hydrogens is 523 g/mol. The third-order valence-corrected chi connectivity index (χ3v) is 5.62. The second kappa shape index (κ2) is 9.55. The number of cyclic esters (lactones) is 1. The average Bonchev–Trinajstić information content (AvgIpc) is 3.39. The zero-order valence-electron chi connectivity index (χ0n) is 23.4. The predicted octanol–water partition coefficient (Wildman–Crippen LogP) is 6.15. The topological polar surface area (TPSA) is 115 Å². The van der Waals surface area contributed by atoms with E-state index in [0.717, 1.165) is 15.2 Å². The van der Waals surface area contributed by atoms with E-state index in [1.807, 2.05) is 0 Å². The van der Waals surface area contributed by atoms with Crippen molar-refractivity contribution in [2.24, 2.45) is 0 Å². The minimum absolute atomic E-state index is 0.0765. The molecule has 11 heteroatoms. The summed E-state index contributed by atoms with van der Waals surface area (Å²) in [5.41, 5.74) is -2.68. The van der Waals surface area contributed by atoms with Crippen molar-refractivity contribution in [2.75, 3.05) is 0 Å². The van der Waals surface area contributed by atoms with Crippen LogP contribution >= 0.6 is 0 Å². The van der Waals surface area contributed by atoms with Crippen LogP contribution in [0.25, 0.3) is 10.9 Å². The molecule has 0 atom stereocenters. The summed E-state index contributed by atoms with van der Waals surface area (Å²) in [6, 6.07) is 5.27. The van der Waals surface area contributed by atoms with Crippen molar-refractivity contribution < 1.29 is 42.5 Å². The molecule has 3 aromatic rings. The van der Waals surface area contributed by atoms with Gasteiger partial charge in [0.2, 0.25) is 5.88 Å². The van der Waals surface area contributed by atoms with Crippen LogP contribution in [0.3, 0.4) is 0 Å². The summed E-state index contributed by atoms with van der Waals surface area (Å²) in [4.78, 5) is 50.8. The fourth-order valence-electron chi connectivity index (χ4n) is 4.08. The van der Waals surface area contributed by atoms with E-state index in [-0.39, 0.29) is 28.0 Å². The summed E-state index contributed by atoms with van der Waals surface area (Å²) in [6.07, 6.45) is -1.36. The van der Waals surface area contributed by atoms with Crippen LogP contribution in [-0.2, 0) is 19.8 Å². The van der Waals surface area contributed by atoms with Crippen LogP contribution in [0.15, 0.2) is 30.5 Å². The fourth-order valence-corrected chi connectivity index (χ4v) is 4.08. The Morgan fingerprint density at radius 1 is 1.02 bits per heavy atom. The monoisotopic (exact) mass is 552 g/mol. The van der Waals surface area contributed by atoms with Crippen molar-refractivity contribution in [3.63, 3.8) is 0 Å². The molecule has 1 aliphatic heterocycles. The number of carbonyl (C=O) groups is 4. The maximum absolute atomic E-state index is 15.5. The highest BCUT2D eigenvalue weighted by Crippen LogP contribution is 2.42. The van der Waals surface area contributed by atoms with Gasteiger partial charge < -0.3 is 18.9 Å². The number of carbonyl (C=O) groups excluding carboxylic acids is 4. The molecule has 4 rings (SSSR count). The van der Waals surface area contributed by atoms with Crippen LogP contribution < -0.4 is 4.74 Å². The van der Waals surface area contributed by atoms with Gasteiger partial charge in [0.1, 0.15) is 28.3 Å². The zero-order chi connectivity index (χ0) is 29.8. The van der Waals surface area contributed by atoms with Gasteiger partial charge in [-0.15, -0.1) is 0 Å². The Labute approximate surface area is 229 Å². The van der Waals surface area contributed by atoms with Gasteiger partial charge in [0.25, 0.3) is 5.78 Å². The Morgan fingerprint density at radius 3 is 2.30 bits per heavy atom. The highest BCUT2D eigenvalue weighted by molar-refractivity contribution is 6.10. The van der Waals surface area contributed by atoms with E-state index in [1.165, 1.54) is 24.4 Å². The van der Waals surface area contributed by atoms with Crippen molar-refractivity contribution >= 4 is 35.0 Å². The number of ether oxygens (including phenoxy) is 4. The lowest BCUT2D eigenvalue weighted by molar-refractivity contribution is 0.0162. The smallest absolute Gasteiger partial charge is 0.443 e. The molecule has 2 aromatic heterocycles. The molecule has 0 N–H and O–H groups in total. The lowest BCUT2D eigenvalue weighted by Crippen LogP contribution is -2.34. The SMILES string of the molecule is CC(C)(C)OC(=O)Oc1cc2c(C#CC(=O)c3cccn3C(=O)OC(C)(C)C)c(F)cc3c2n1C(=O)OC3(C)C. The molecule has 0 saturated heterocycles. The lowest BCUT2D eigenvalue weighted by Gasteiger charge is -2.31. The number of halogens is 1. The van der Waals surface area contributed by atoms with Crippen LogP contribution in [0.1, 0.15) is 77.0 Å². The fraction of sp³-hybridized carbons (Fsp3) is 0.379. The summed E-state index contributed by atoms with van der Waals surface area (Å²) in [5.74, 6) is 3.05. The number of rotatable bonds is 2. The molecule has 1 aromatic carbocycles. The molecule has 0 saturated carbocycles. The van der Waals surface area contributed by atoms with Gasteiger partial charge in [0, 0.05) is 23.2 Å². The van der Waals surface area contributed by atoms with E-state index in [1.54, 1.807) is 55.4 Å². The highest BCUT2D eigenvalue weighted by Gasteiger charge is 2.39. The Kier molecular flexibility index (Phi) is 6.79. The molecule has 0 radical (unpaired) electrons. The normalized spacial score (nSPS) is 14.2. The minimum atomic E-state index is -1.22. The third-order valence-electron chi connectivity index (χ3n) is 5.62. The van der Waals surface area contributed by atoms with Crippen molar-refractivity contribution in [1.29, 1.82) is 0 Å². The van der Waals surface area contributed by atoms with Crippen LogP contribution in [0.5, 0.6) is 5.88 Å². The molecule has 0 unspecified atom stereocenters. The lowest BCUT2D eigenvalue weighted by atomic mass is 9.92. The minimum Gasteiger partial charge on any atom is -0.443 e. The molecular formula is C29H29FN2O8. The summed E-state index contributed by atoms with van der Waals surface area (Å²) in [7, 11) is 0. The third kappa shape index (κ3) is 5.57. The summed E-state index contributed by atoms with van der Waals surface area (Å²) in [6.45, 7) is 13.2. The van der Waals surface area contributed by atoms with E-state index in [0.29, 0.717) is 5.56 Å². The van der Waals surface area contributed by atoms with E-state index < -0.39 is 46.7 Å². The first-order valence-corrected chi connectivity index (χ1v) is 12.4. The molecule has 1 aliphatic rings. The van der Waals surface area contributed by atoms with E-state index >= 15 is 4.39 Å². The van der Waals surface area contributed by atoms with Crippen LogP contribution in [0.2, 0.25) is 0 Å². The standard InChI is InChI=1S/C29H29FN2O8/c1-27(2,3)38-24(34)31-13-9-10-20(31)21(33)12-11-16-17-14-22(37-26(36)40-28(4,5)6)32-23(17)18(15-19(16)30)29(7,8)39-25(32)35/h9-10,13-15H,1-8H3. The first kappa shape index (κ1) is 28.4. The van der Waals surface area contributed by atoms with Crippen molar-refractivity contribution in [3.8, 4) is 17.7 Å². The van der Waals surface area contributed by atoms with Crippen molar-refractivity contribution in [1.82, 2.24) is 9.13 Å². The summed E-state index contributed by atoms with van der Waals surface area (Å²) >= 11 is 0. The zero-order valence-corrected chi connectivity index (χ0v) is 23.4. The molecule has 10 nitrogen and oxygen atoms in total. The molecule has 0 bridgehead atoms. The van der Waals surface area contributed by atoms with Gasteiger partial charge in [-0.1, -0.05) is 5.92 Å². The number of Topliss-reactive ketones (excluding diaryl/α,β-unsaturated/α-hetero) is 1. The number of hydrogen-bond acceptors (Lipinski definition) is 8. The Bertz CT molecular complexity index is 1630. The maximum atomic E-state index is 15.5. The summed E-state index contributed by atoms with van der Waals surface area (Å²) in [5, 5.41) is 0.112. The Balaban J connectivity index is 1.81. The molecule has 210 valence electrons. The van der Waals surface area contributed by atoms with Gasteiger partial charge in [-0.2, -0.15) is 0 Å². The van der Waals surface area contributed by atoms with Gasteiger partial charge in [0.05, 0.1) is 11.1 Å². The molecule has 3 heterocycles. The summed E-state index contributed by atoms with van der Waals surface area (Å²) < 4.78 is 38.7. The number of benzene rings is 1. The van der Waals surface area contributed by atoms with Crippen LogP contribution in [0.4, 0.5) is 18.8 Å². The molecule has 40 heavy (non-hydrogen) atoms. The van der Waals surface area contributed by atoms with Gasteiger partial charge in [-0.3, -0.25) is 4.79 Å². The number of aromatic nitrogens is 2. The maximum Gasteiger partial charge on any atom is 0.515 e. The van der Waals surface area contributed by atoms with Crippen LogP contribution in [0, 0.1) is 17.7 Å². The van der Waals surface area contributed by atoms with Crippen LogP contribution in [-0.4, -0.2) is 44.5 Å². The van der Waals surface area contributed by atoms with Gasteiger partial charge in [0.15, 0.2) is 0 Å². The van der Waals surface area contributed by atoms with Gasteiger partial charge in [-0.25, -0.2) is 27.9 Å². The first-order valence-electron chi connectivity index (χ1n) is 12.4. The molecule has 0 amide bonds. The van der Waals surface area contributed by atoms with Gasteiger partial charge in [-0.05, 0) is 79.5 Å². The second-order valence-electron chi connectivity index (χ2n) is 11.6. The Hall–Kier alpha value is -4.59.